The minimum absolute atomic E-state index is 0.301. The summed E-state index contributed by atoms with van der Waals surface area (Å²) in [6.45, 7) is 0. The average molecular weight is 381 g/mol. The van der Waals surface area contributed by atoms with E-state index in [2.05, 4.69) is 15.5 Å². The molecule has 0 aliphatic rings. The van der Waals surface area contributed by atoms with Crippen LogP contribution in [0.15, 0.2) is 71.3 Å². The van der Waals surface area contributed by atoms with Crippen molar-refractivity contribution >= 4 is 40.0 Å². The van der Waals surface area contributed by atoms with Gasteiger partial charge in [-0.2, -0.15) is 5.10 Å². The Kier molecular flexibility index (Phi) is 4.51. The van der Waals surface area contributed by atoms with E-state index in [0.29, 0.717) is 10.6 Å². The Morgan fingerprint density at radius 3 is 2.69 bits per heavy atom. The minimum Gasteiger partial charge on any atom is -0.289 e. The van der Waals surface area contributed by atoms with Gasteiger partial charge in [0.2, 0.25) is 0 Å². The second kappa shape index (κ2) is 7.11. The summed E-state index contributed by atoms with van der Waals surface area (Å²) < 4.78 is 1.95. The molecular formula is C19H13ClN4OS. The molecule has 1 amide bonds. The smallest absolute Gasteiger partial charge is 0.271 e. The van der Waals surface area contributed by atoms with Crippen LogP contribution in [0.4, 0.5) is 0 Å². The third kappa shape index (κ3) is 3.24. The van der Waals surface area contributed by atoms with Crippen LogP contribution in [0.25, 0.3) is 16.2 Å². The highest BCUT2D eigenvalue weighted by atomic mass is 35.5. The SMILES string of the molecule is O=C(N/N=C/c1c(-c2ccccc2)nc2sccn12)c1ccc(Cl)cc1. The number of nitrogens with one attached hydrogen (secondary N) is 1. The van der Waals surface area contributed by atoms with E-state index in [0.717, 1.165) is 21.9 Å². The fourth-order valence-electron chi connectivity index (χ4n) is 2.55. The van der Waals surface area contributed by atoms with Crippen LogP contribution in [0.2, 0.25) is 5.02 Å². The molecule has 0 bridgehead atoms. The molecule has 0 unspecified atom stereocenters. The zero-order valence-corrected chi connectivity index (χ0v) is 15.0. The third-order valence-electron chi connectivity index (χ3n) is 3.81. The van der Waals surface area contributed by atoms with Crippen molar-refractivity contribution < 1.29 is 4.79 Å². The predicted octanol–water partition coefficient (Wildman–Crippen LogP) is 4.48. The summed E-state index contributed by atoms with van der Waals surface area (Å²) in [7, 11) is 0. The van der Waals surface area contributed by atoms with Gasteiger partial charge in [-0.1, -0.05) is 41.9 Å². The van der Waals surface area contributed by atoms with E-state index in [1.165, 1.54) is 0 Å². The highest BCUT2D eigenvalue weighted by molar-refractivity contribution is 7.15. The summed E-state index contributed by atoms with van der Waals surface area (Å²) in [6, 6.07) is 16.5. The lowest BCUT2D eigenvalue weighted by Crippen LogP contribution is -2.17. The van der Waals surface area contributed by atoms with E-state index < -0.39 is 0 Å². The van der Waals surface area contributed by atoms with Crippen LogP contribution >= 0.6 is 22.9 Å². The molecule has 2 aromatic heterocycles. The minimum atomic E-state index is -0.301. The largest absolute Gasteiger partial charge is 0.289 e. The average Bonchev–Trinajstić information content (AvgIpc) is 3.25. The van der Waals surface area contributed by atoms with Crippen molar-refractivity contribution in [3.63, 3.8) is 0 Å². The van der Waals surface area contributed by atoms with Gasteiger partial charge in [0, 0.05) is 27.7 Å². The maximum absolute atomic E-state index is 12.2. The van der Waals surface area contributed by atoms with Gasteiger partial charge in [0.25, 0.3) is 5.91 Å². The number of hydrogen-bond acceptors (Lipinski definition) is 4. The summed E-state index contributed by atoms with van der Waals surface area (Å²) in [4.78, 5) is 17.7. The molecule has 1 N–H and O–H groups in total. The fraction of sp³-hybridized carbons (Fsp3) is 0. The summed E-state index contributed by atoms with van der Waals surface area (Å²) in [6.07, 6.45) is 3.55. The molecule has 0 aliphatic carbocycles. The Balaban J connectivity index is 1.62. The standard InChI is InChI=1S/C19H13ClN4OS/c20-15-8-6-14(7-9-15)18(25)23-21-12-16-17(13-4-2-1-3-5-13)22-19-24(16)10-11-26-19/h1-12H,(H,23,25)/b21-12+. The molecule has 2 heterocycles. The van der Waals surface area contributed by atoms with Crippen molar-refractivity contribution in [1.82, 2.24) is 14.8 Å². The van der Waals surface area contributed by atoms with E-state index in [1.807, 2.05) is 46.3 Å². The lowest BCUT2D eigenvalue weighted by molar-refractivity contribution is 0.0955. The maximum atomic E-state index is 12.2. The van der Waals surface area contributed by atoms with Crippen molar-refractivity contribution in [2.24, 2.45) is 5.10 Å². The van der Waals surface area contributed by atoms with Gasteiger partial charge in [-0.3, -0.25) is 9.20 Å². The Labute approximate surface area is 158 Å². The van der Waals surface area contributed by atoms with Crippen molar-refractivity contribution in [2.75, 3.05) is 0 Å². The van der Waals surface area contributed by atoms with Crippen molar-refractivity contribution in [2.45, 2.75) is 0 Å². The van der Waals surface area contributed by atoms with Crippen molar-refractivity contribution in [1.29, 1.82) is 0 Å². The molecule has 128 valence electrons. The van der Waals surface area contributed by atoms with E-state index in [1.54, 1.807) is 41.8 Å². The Bertz CT molecular complexity index is 1080. The monoisotopic (exact) mass is 380 g/mol. The topological polar surface area (TPSA) is 58.8 Å². The molecule has 0 fully saturated rings. The summed E-state index contributed by atoms with van der Waals surface area (Å²) in [5, 5.41) is 6.65. The Hall–Kier alpha value is -2.96. The number of fused-ring (bicyclic) bond motifs is 1. The molecule has 4 aromatic rings. The predicted molar refractivity (Wildman–Crippen MR) is 105 cm³/mol. The Morgan fingerprint density at radius 2 is 1.92 bits per heavy atom. The van der Waals surface area contributed by atoms with Gasteiger partial charge in [0.15, 0.2) is 4.96 Å². The number of thiazole rings is 1. The van der Waals surface area contributed by atoms with Crippen molar-refractivity contribution in [3.05, 3.63) is 82.5 Å². The number of amides is 1. The first kappa shape index (κ1) is 16.5. The molecule has 0 aliphatic heterocycles. The number of nitrogens with zero attached hydrogens (tertiary/aromatic N) is 3. The Morgan fingerprint density at radius 1 is 1.15 bits per heavy atom. The number of hydrogen-bond donors (Lipinski definition) is 1. The molecule has 2 aromatic carbocycles. The first-order chi connectivity index (χ1) is 12.7. The van der Waals surface area contributed by atoms with Gasteiger partial charge < -0.3 is 0 Å². The lowest BCUT2D eigenvalue weighted by atomic mass is 10.1. The van der Waals surface area contributed by atoms with E-state index in [-0.39, 0.29) is 5.91 Å². The first-order valence-corrected chi connectivity index (χ1v) is 9.08. The molecular weight excluding hydrogens is 368 g/mol. The van der Waals surface area contributed by atoms with Gasteiger partial charge in [0.05, 0.1) is 17.6 Å². The fourth-order valence-corrected chi connectivity index (χ4v) is 3.40. The number of carbonyl (C=O) groups excluding carboxylic acids is 1. The van der Waals surface area contributed by atoms with Crippen LogP contribution < -0.4 is 5.43 Å². The second-order valence-corrected chi connectivity index (χ2v) is 6.78. The van der Waals surface area contributed by atoms with Crippen LogP contribution in [-0.2, 0) is 0 Å². The number of rotatable bonds is 4. The van der Waals surface area contributed by atoms with Gasteiger partial charge in [-0.15, -0.1) is 11.3 Å². The second-order valence-electron chi connectivity index (χ2n) is 5.47. The highest BCUT2D eigenvalue weighted by Gasteiger charge is 2.13. The zero-order chi connectivity index (χ0) is 17.9. The number of halogens is 1. The van der Waals surface area contributed by atoms with Crippen LogP contribution in [0.5, 0.6) is 0 Å². The summed E-state index contributed by atoms with van der Waals surface area (Å²) in [5.74, 6) is -0.301. The number of carbonyl (C=O) groups is 1. The van der Waals surface area contributed by atoms with Gasteiger partial charge in [-0.25, -0.2) is 10.4 Å². The molecule has 0 saturated carbocycles. The lowest BCUT2D eigenvalue weighted by Gasteiger charge is -2.01. The summed E-state index contributed by atoms with van der Waals surface area (Å²) in [5.41, 5.74) is 5.66. The van der Waals surface area contributed by atoms with Gasteiger partial charge >= 0.3 is 0 Å². The molecule has 5 nitrogen and oxygen atoms in total. The van der Waals surface area contributed by atoms with Gasteiger partial charge in [0.1, 0.15) is 0 Å². The van der Waals surface area contributed by atoms with Gasteiger partial charge in [-0.05, 0) is 24.3 Å². The van der Waals surface area contributed by atoms with E-state index in [4.69, 9.17) is 11.6 Å². The quantitative estimate of drug-likeness (QED) is 0.419. The highest BCUT2D eigenvalue weighted by Crippen LogP contribution is 2.25. The molecule has 4 rings (SSSR count). The van der Waals surface area contributed by atoms with Crippen LogP contribution in [-0.4, -0.2) is 21.5 Å². The molecule has 0 radical (unpaired) electrons. The maximum Gasteiger partial charge on any atom is 0.271 e. The van der Waals surface area contributed by atoms with Crippen LogP contribution in [0, 0.1) is 0 Å². The molecule has 0 atom stereocenters. The number of benzene rings is 2. The third-order valence-corrected chi connectivity index (χ3v) is 4.81. The molecule has 7 heteroatoms. The molecule has 0 spiro atoms. The number of hydrazone groups is 1. The molecule has 26 heavy (non-hydrogen) atoms. The first-order valence-electron chi connectivity index (χ1n) is 7.82. The van der Waals surface area contributed by atoms with E-state index in [9.17, 15) is 4.79 Å². The molecule has 0 saturated heterocycles. The van der Waals surface area contributed by atoms with Crippen LogP contribution in [0.1, 0.15) is 16.1 Å². The van der Waals surface area contributed by atoms with Crippen molar-refractivity contribution in [3.8, 4) is 11.3 Å². The van der Waals surface area contributed by atoms with Crippen LogP contribution in [0.3, 0.4) is 0 Å². The number of aromatic nitrogens is 2. The normalized spacial score (nSPS) is 11.3. The summed E-state index contributed by atoms with van der Waals surface area (Å²) >= 11 is 7.38. The zero-order valence-electron chi connectivity index (χ0n) is 13.5. The number of imidazole rings is 1. The van der Waals surface area contributed by atoms with E-state index >= 15 is 0 Å².